The van der Waals surface area contributed by atoms with Crippen LogP contribution in [0.3, 0.4) is 0 Å². The van der Waals surface area contributed by atoms with E-state index in [1.165, 1.54) is 11.8 Å². The van der Waals surface area contributed by atoms with Gasteiger partial charge in [0.1, 0.15) is 5.03 Å². The van der Waals surface area contributed by atoms with E-state index in [9.17, 15) is 0 Å². The Morgan fingerprint density at radius 2 is 2.33 bits per heavy atom. The Kier molecular flexibility index (Phi) is 4.38. The quantitative estimate of drug-likeness (QED) is 0.230. The topological polar surface area (TPSA) is 91.7 Å². The van der Waals surface area contributed by atoms with E-state index in [-0.39, 0.29) is 12.4 Å². The Morgan fingerprint density at radius 3 is 2.93 bits per heavy atom. The molecule has 6 heteroatoms. The van der Waals surface area contributed by atoms with Gasteiger partial charge in [0.25, 0.3) is 0 Å². The van der Waals surface area contributed by atoms with Gasteiger partial charge in [-0.3, -0.25) is 0 Å². The van der Waals surface area contributed by atoms with Crippen molar-refractivity contribution in [3.63, 3.8) is 0 Å². The lowest BCUT2D eigenvalue weighted by molar-refractivity contribution is 0.318. The Bertz CT molecular complexity index is 368. The maximum absolute atomic E-state index is 8.72. The number of hydrogen-bond acceptors (Lipinski definition) is 5. The molecular formula is C9H13N3O2S. The Balaban J connectivity index is 3.03. The van der Waals surface area contributed by atoms with Gasteiger partial charge in [-0.05, 0) is 19.1 Å². The van der Waals surface area contributed by atoms with Gasteiger partial charge in [0, 0.05) is 11.4 Å². The molecule has 0 spiro atoms. The van der Waals surface area contributed by atoms with Crippen molar-refractivity contribution in [3.05, 3.63) is 23.4 Å². The molecule has 4 N–H and O–H groups in total. The van der Waals surface area contributed by atoms with Crippen LogP contribution in [0.1, 0.15) is 11.3 Å². The monoisotopic (exact) mass is 227 g/mol. The molecule has 1 heterocycles. The van der Waals surface area contributed by atoms with Crippen LogP contribution in [-0.4, -0.2) is 33.5 Å². The van der Waals surface area contributed by atoms with Crippen molar-refractivity contribution < 1.29 is 10.3 Å². The molecule has 15 heavy (non-hydrogen) atoms. The van der Waals surface area contributed by atoms with Gasteiger partial charge in [0.05, 0.1) is 12.2 Å². The van der Waals surface area contributed by atoms with E-state index in [2.05, 4.69) is 10.1 Å². The minimum atomic E-state index is 0.0305. The summed E-state index contributed by atoms with van der Waals surface area (Å²) in [7, 11) is 0. The summed E-state index contributed by atoms with van der Waals surface area (Å²) in [5.74, 6) is 0.560. The van der Waals surface area contributed by atoms with Crippen LogP contribution in [0.4, 0.5) is 0 Å². The number of pyridine rings is 1. The van der Waals surface area contributed by atoms with E-state index in [0.717, 1.165) is 5.69 Å². The molecule has 0 aliphatic carbocycles. The van der Waals surface area contributed by atoms with E-state index >= 15 is 0 Å². The van der Waals surface area contributed by atoms with Crippen LogP contribution in [0.15, 0.2) is 22.3 Å². The maximum Gasteiger partial charge on any atom is 0.172 e. The highest BCUT2D eigenvalue weighted by molar-refractivity contribution is 7.99. The number of rotatable bonds is 4. The van der Waals surface area contributed by atoms with E-state index in [4.69, 9.17) is 16.0 Å². The average Bonchev–Trinajstić information content (AvgIpc) is 2.25. The SMILES string of the molecule is Cc1ccc(C(N)=NO)c(SCCO)n1. The Labute approximate surface area is 92.0 Å². The Hall–Kier alpha value is -1.27. The summed E-state index contributed by atoms with van der Waals surface area (Å²) in [5.41, 5.74) is 6.94. The fourth-order valence-corrected chi connectivity index (χ4v) is 1.86. The van der Waals surface area contributed by atoms with E-state index < -0.39 is 0 Å². The number of aryl methyl sites for hydroxylation is 1. The van der Waals surface area contributed by atoms with E-state index in [1.807, 2.05) is 6.92 Å². The second-order valence-corrected chi connectivity index (χ2v) is 3.95. The van der Waals surface area contributed by atoms with Gasteiger partial charge in [0.15, 0.2) is 5.84 Å². The zero-order valence-electron chi connectivity index (χ0n) is 8.34. The second-order valence-electron chi connectivity index (χ2n) is 2.86. The van der Waals surface area contributed by atoms with Gasteiger partial charge < -0.3 is 16.0 Å². The molecule has 1 aromatic rings. The van der Waals surface area contributed by atoms with Crippen LogP contribution in [0.5, 0.6) is 0 Å². The number of hydrogen-bond donors (Lipinski definition) is 3. The molecule has 1 rings (SSSR count). The molecule has 0 unspecified atom stereocenters. The average molecular weight is 227 g/mol. The van der Waals surface area contributed by atoms with Gasteiger partial charge in [-0.25, -0.2) is 4.98 Å². The lowest BCUT2D eigenvalue weighted by atomic mass is 10.2. The largest absolute Gasteiger partial charge is 0.409 e. The minimum absolute atomic E-state index is 0.0305. The molecule has 5 nitrogen and oxygen atoms in total. The third-order valence-corrected chi connectivity index (χ3v) is 2.68. The van der Waals surface area contributed by atoms with Crippen molar-refractivity contribution in [2.24, 2.45) is 10.9 Å². The summed E-state index contributed by atoms with van der Waals surface area (Å²) in [6, 6.07) is 3.54. The summed E-state index contributed by atoms with van der Waals surface area (Å²) in [6.45, 7) is 1.93. The fraction of sp³-hybridized carbons (Fsp3) is 0.333. The molecule has 0 atom stereocenters. The van der Waals surface area contributed by atoms with Gasteiger partial charge in [-0.2, -0.15) is 0 Å². The summed E-state index contributed by atoms with van der Waals surface area (Å²) >= 11 is 1.37. The zero-order chi connectivity index (χ0) is 11.3. The molecule has 0 aliphatic heterocycles. The molecule has 0 saturated heterocycles. The second kappa shape index (κ2) is 5.57. The molecule has 0 aliphatic rings. The molecule has 1 aromatic heterocycles. The van der Waals surface area contributed by atoms with Crippen molar-refractivity contribution in [2.75, 3.05) is 12.4 Å². The van der Waals surface area contributed by atoms with Crippen LogP contribution in [0.25, 0.3) is 0 Å². The number of thioether (sulfide) groups is 1. The van der Waals surface area contributed by atoms with Crippen molar-refractivity contribution >= 4 is 17.6 Å². The number of aliphatic hydroxyl groups excluding tert-OH is 1. The Morgan fingerprint density at radius 1 is 1.60 bits per heavy atom. The van der Waals surface area contributed by atoms with Crippen LogP contribution >= 0.6 is 11.8 Å². The lowest BCUT2D eigenvalue weighted by Gasteiger charge is -2.06. The molecular weight excluding hydrogens is 214 g/mol. The van der Waals surface area contributed by atoms with Crippen LogP contribution in [0, 0.1) is 6.92 Å². The molecule has 0 aromatic carbocycles. The molecule has 0 radical (unpaired) electrons. The molecule has 0 fully saturated rings. The summed E-state index contributed by atoms with van der Waals surface area (Å²) in [5, 5.41) is 20.9. The van der Waals surface area contributed by atoms with Crippen molar-refractivity contribution in [1.29, 1.82) is 0 Å². The number of nitrogens with two attached hydrogens (primary N) is 1. The number of oxime groups is 1. The predicted molar refractivity (Wildman–Crippen MR) is 59.3 cm³/mol. The molecule has 0 saturated carbocycles. The number of aliphatic hydroxyl groups is 1. The number of nitrogens with zero attached hydrogens (tertiary/aromatic N) is 2. The highest BCUT2D eigenvalue weighted by atomic mass is 32.2. The first-order valence-electron chi connectivity index (χ1n) is 4.38. The first-order chi connectivity index (χ1) is 7.19. The predicted octanol–water partition coefficient (Wildman–Crippen LogP) is 0.569. The standard InChI is InChI=1S/C9H13N3O2S/c1-6-2-3-7(8(10)12-14)9(11-6)15-5-4-13/h2-3,13-14H,4-5H2,1H3,(H2,10,12). The normalized spacial score (nSPS) is 11.7. The lowest BCUT2D eigenvalue weighted by Crippen LogP contribution is -2.15. The number of aromatic nitrogens is 1. The highest BCUT2D eigenvalue weighted by Gasteiger charge is 2.09. The number of amidine groups is 1. The third kappa shape index (κ3) is 3.10. The summed E-state index contributed by atoms with van der Waals surface area (Å²) < 4.78 is 0. The van der Waals surface area contributed by atoms with E-state index in [0.29, 0.717) is 16.3 Å². The maximum atomic E-state index is 8.72. The zero-order valence-corrected chi connectivity index (χ0v) is 9.16. The van der Waals surface area contributed by atoms with Crippen LogP contribution < -0.4 is 5.73 Å². The molecule has 82 valence electrons. The van der Waals surface area contributed by atoms with Gasteiger partial charge in [-0.15, -0.1) is 11.8 Å². The summed E-state index contributed by atoms with van der Waals surface area (Å²) in [4.78, 5) is 4.26. The smallest absolute Gasteiger partial charge is 0.172 e. The molecule has 0 bridgehead atoms. The van der Waals surface area contributed by atoms with Gasteiger partial charge in [0.2, 0.25) is 0 Å². The fourth-order valence-electron chi connectivity index (χ4n) is 1.03. The van der Waals surface area contributed by atoms with E-state index in [1.54, 1.807) is 12.1 Å². The van der Waals surface area contributed by atoms with Crippen LogP contribution in [-0.2, 0) is 0 Å². The highest BCUT2D eigenvalue weighted by Crippen LogP contribution is 2.20. The third-order valence-electron chi connectivity index (χ3n) is 1.71. The summed E-state index contributed by atoms with van der Waals surface area (Å²) in [6.07, 6.45) is 0. The first-order valence-corrected chi connectivity index (χ1v) is 5.36. The first kappa shape index (κ1) is 11.8. The van der Waals surface area contributed by atoms with Crippen molar-refractivity contribution in [2.45, 2.75) is 11.9 Å². The van der Waals surface area contributed by atoms with Gasteiger partial charge >= 0.3 is 0 Å². The van der Waals surface area contributed by atoms with Gasteiger partial charge in [-0.1, -0.05) is 5.16 Å². The van der Waals surface area contributed by atoms with Crippen LogP contribution in [0.2, 0.25) is 0 Å². The van der Waals surface area contributed by atoms with Crippen molar-refractivity contribution in [1.82, 2.24) is 4.98 Å². The molecule has 0 amide bonds. The minimum Gasteiger partial charge on any atom is -0.409 e. The van der Waals surface area contributed by atoms with Crippen molar-refractivity contribution in [3.8, 4) is 0 Å².